The monoisotopic (exact) mass is 302 g/mol. The van der Waals surface area contributed by atoms with Gasteiger partial charge in [-0.2, -0.15) is 0 Å². The van der Waals surface area contributed by atoms with Crippen molar-refractivity contribution in [3.05, 3.63) is 35.2 Å². The van der Waals surface area contributed by atoms with Crippen molar-refractivity contribution >= 4 is 21.4 Å². The van der Waals surface area contributed by atoms with Crippen LogP contribution in [-0.4, -0.2) is 10.7 Å². The van der Waals surface area contributed by atoms with Crippen molar-refractivity contribution in [2.75, 3.05) is 0 Å². The van der Waals surface area contributed by atoms with Gasteiger partial charge >= 0.3 is 0 Å². The van der Waals surface area contributed by atoms with Crippen molar-refractivity contribution in [3.63, 3.8) is 0 Å². The zero-order valence-electron chi connectivity index (χ0n) is 13.0. The van der Waals surface area contributed by atoms with Gasteiger partial charge in [0, 0.05) is 11.1 Å². The van der Waals surface area contributed by atoms with Crippen LogP contribution in [0.5, 0.6) is 0 Å². The van der Waals surface area contributed by atoms with Gasteiger partial charge in [0.05, 0.1) is 5.60 Å². The molecule has 1 aromatic carbocycles. The van der Waals surface area contributed by atoms with Gasteiger partial charge in [-0.3, -0.25) is 0 Å². The molecule has 2 atom stereocenters. The molecule has 1 aromatic heterocycles. The van der Waals surface area contributed by atoms with Gasteiger partial charge in [-0.05, 0) is 47.6 Å². The lowest BCUT2D eigenvalue weighted by Crippen LogP contribution is -2.30. The lowest BCUT2D eigenvalue weighted by Gasteiger charge is -2.26. The third kappa shape index (κ3) is 3.49. The van der Waals surface area contributed by atoms with E-state index in [1.807, 2.05) is 0 Å². The van der Waals surface area contributed by atoms with Crippen LogP contribution in [0.15, 0.2) is 29.6 Å². The summed E-state index contributed by atoms with van der Waals surface area (Å²) in [7, 11) is 0. The van der Waals surface area contributed by atoms with Crippen LogP contribution >= 0.6 is 11.3 Å². The first kappa shape index (κ1) is 15.1. The van der Waals surface area contributed by atoms with Gasteiger partial charge in [-0.15, -0.1) is 11.3 Å². The fourth-order valence-corrected chi connectivity index (χ4v) is 4.82. The maximum absolute atomic E-state index is 11.1. The molecule has 1 N–H and O–H groups in total. The third-order valence-electron chi connectivity index (χ3n) is 5.05. The molecule has 1 heterocycles. The molecule has 1 saturated carbocycles. The third-order valence-corrected chi connectivity index (χ3v) is 6.06. The second-order valence-electron chi connectivity index (χ2n) is 6.74. The number of hydrogen-bond acceptors (Lipinski definition) is 2. The van der Waals surface area contributed by atoms with Crippen LogP contribution in [0.1, 0.15) is 57.4 Å². The number of fused-ring (bicyclic) bond motifs is 1. The molecule has 2 aromatic rings. The molecule has 0 radical (unpaired) electrons. The highest BCUT2D eigenvalue weighted by molar-refractivity contribution is 7.17. The topological polar surface area (TPSA) is 20.2 Å². The molecule has 21 heavy (non-hydrogen) atoms. The normalized spacial score (nSPS) is 26.9. The first-order valence-electron chi connectivity index (χ1n) is 8.38. The maximum Gasteiger partial charge on any atom is 0.0688 e. The maximum atomic E-state index is 11.1. The second-order valence-corrected chi connectivity index (χ2v) is 7.66. The average molecular weight is 302 g/mol. The Morgan fingerprint density at radius 1 is 1.24 bits per heavy atom. The van der Waals surface area contributed by atoms with Gasteiger partial charge in [0.2, 0.25) is 0 Å². The van der Waals surface area contributed by atoms with E-state index in [9.17, 15) is 5.11 Å². The molecule has 2 unspecified atom stereocenters. The number of benzene rings is 1. The highest BCUT2D eigenvalue weighted by atomic mass is 32.1. The molecular weight excluding hydrogens is 276 g/mol. The molecule has 1 nitrogen and oxygen atoms in total. The Morgan fingerprint density at radius 3 is 2.95 bits per heavy atom. The molecule has 0 amide bonds. The second kappa shape index (κ2) is 6.50. The van der Waals surface area contributed by atoms with E-state index in [2.05, 4.69) is 36.6 Å². The van der Waals surface area contributed by atoms with Crippen molar-refractivity contribution in [3.8, 4) is 0 Å². The fraction of sp³-hybridized carbons (Fsp3) is 0.579. The van der Waals surface area contributed by atoms with Gasteiger partial charge < -0.3 is 5.11 Å². The summed E-state index contributed by atoms with van der Waals surface area (Å²) in [6, 6.07) is 8.57. The van der Waals surface area contributed by atoms with Gasteiger partial charge in [0.15, 0.2) is 0 Å². The van der Waals surface area contributed by atoms with E-state index in [1.54, 1.807) is 11.3 Å². The van der Waals surface area contributed by atoms with E-state index in [1.165, 1.54) is 47.8 Å². The molecule has 1 fully saturated rings. The minimum absolute atomic E-state index is 0.480. The van der Waals surface area contributed by atoms with Gasteiger partial charge in [-0.1, -0.05) is 50.8 Å². The molecule has 0 bridgehead atoms. The molecule has 114 valence electrons. The lowest BCUT2D eigenvalue weighted by molar-refractivity contribution is 0.0245. The molecule has 0 aliphatic heterocycles. The SMILES string of the molecule is CCCC1CCCC(O)(Cc2csc3ccccc23)CC1. The number of thiophene rings is 1. The number of aliphatic hydroxyl groups is 1. The summed E-state index contributed by atoms with van der Waals surface area (Å²) in [6.07, 6.45) is 9.07. The zero-order valence-corrected chi connectivity index (χ0v) is 13.8. The van der Waals surface area contributed by atoms with Crippen LogP contribution < -0.4 is 0 Å². The Morgan fingerprint density at radius 2 is 2.10 bits per heavy atom. The molecule has 1 aliphatic carbocycles. The zero-order chi connectivity index (χ0) is 14.7. The van der Waals surface area contributed by atoms with E-state index < -0.39 is 5.60 Å². The van der Waals surface area contributed by atoms with E-state index in [0.29, 0.717) is 0 Å². The standard InChI is InChI=1S/C19H26OS/c1-2-6-15-7-5-11-19(20,12-10-15)13-16-14-21-18-9-4-3-8-17(16)18/h3-4,8-9,14-15,20H,2,5-7,10-13H2,1H3. The highest BCUT2D eigenvalue weighted by Crippen LogP contribution is 2.37. The molecule has 0 saturated heterocycles. The Balaban J connectivity index is 1.74. The van der Waals surface area contributed by atoms with E-state index in [4.69, 9.17) is 0 Å². The van der Waals surface area contributed by atoms with Crippen LogP contribution in [0.25, 0.3) is 10.1 Å². The van der Waals surface area contributed by atoms with Crippen molar-refractivity contribution < 1.29 is 5.11 Å². The summed E-state index contributed by atoms with van der Waals surface area (Å²) < 4.78 is 1.34. The van der Waals surface area contributed by atoms with Gasteiger partial charge in [0.1, 0.15) is 0 Å². The minimum Gasteiger partial charge on any atom is -0.390 e. The summed E-state index contributed by atoms with van der Waals surface area (Å²) in [5.74, 6) is 0.836. The van der Waals surface area contributed by atoms with E-state index in [-0.39, 0.29) is 0 Å². The van der Waals surface area contributed by atoms with Crippen LogP contribution in [0.3, 0.4) is 0 Å². The average Bonchev–Trinajstić information content (AvgIpc) is 2.78. The van der Waals surface area contributed by atoms with Crippen molar-refractivity contribution in [1.29, 1.82) is 0 Å². The molecule has 1 aliphatic rings. The van der Waals surface area contributed by atoms with Gasteiger partial charge in [0.25, 0.3) is 0 Å². The van der Waals surface area contributed by atoms with Crippen molar-refractivity contribution in [1.82, 2.24) is 0 Å². The largest absolute Gasteiger partial charge is 0.390 e. The Bertz CT molecular complexity index is 588. The predicted molar refractivity (Wildman–Crippen MR) is 92.0 cm³/mol. The van der Waals surface area contributed by atoms with E-state index in [0.717, 1.165) is 25.2 Å². The first-order valence-corrected chi connectivity index (χ1v) is 9.26. The Hall–Kier alpha value is -0.860. The minimum atomic E-state index is -0.480. The predicted octanol–water partition coefficient (Wildman–Crippen LogP) is 5.56. The molecule has 2 heteroatoms. The molecule has 0 spiro atoms. The summed E-state index contributed by atoms with van der Waals surface area (Å²) in [5.41, 5.74) is 0.860. The highest BCUT2D eigenvalue weighted by Gasteiger charge is 2.31. The summed E-state index contributed by atoms with van der Waals surface area (Å²) >= 11 is 1.80. The molecular formula is C19H26OS. The smallest absolute Gasteiger partial charge is 0.0688 e. The van der Waals surface area contributed by atoms with E-state index >= 15 is 0 Å². The fourth-order valence-electron chi connectivity index (χ4n) is 3.86. The molecule has 3 rings (SSSR count). The first-order chi connectivity index (χ1) is 10.2. The van der Waals surface area contributed by atoms with Crippen molar-refractivity contribution in [2.45, 2.75) is 63.9 Å². The Labute approximate surface area is 132 Å². The quantitative estimate of drug-likeness (QED) is 0.734. The number of hydrogen-bond donors (Lipinski definition) is 1. The number of rotatable bonds is 4. The van der Waals surface area contributed by atoms with Crippen LogP contribution in [-0.2, 0) is 6.42 Å². The lowest BCUT2D eigenvalue weighted by atomic mass is 9.86. The van der Waals surface area contributed by atoms with Crippen LogP contribution in [0.4, 0.5) is 0 Å². The summed E-state index contributed by atoms with van der Waals surface area (Å²) in [5, 5.41) is 14.7. The summed E-state index contributed by atoms with van der Waals surface area (Å²) in [6.45, 7) is 2.27. The van der Waals surface area contributed by atoms with Gasteiger partial charge in [-0.25, -0.2) is 0 Å². The van der Waals surface area contributed by atoms with Crippen molar-refractivity contribution in [2.24, 2.45) is 5.92 Å². The van der Waals surface area contributed by atoms with Crippen LogP contribution in [0, 0.1) is 5.92 Å². The summed E-state index contributed by atoms with van der Waals surface area (Å²) in [4.78, 5) is 0. The van der Waals surface area contributed by atoms with Crippen LogP contribution in [0.2, 0.25) is 0 Å². The Kier molecular flexibility index (Phi) is 4.66.